The lowest BCUT2D eigenvalue weighted by Crippen LogP contribution is -2.58. The molecule has 118 valence electrons. The Kier molecular flexibility index (Phi) is 7.01. The van der Waals surface area contributed by atoms with Gasteiger partial charge in [-0.3, -0.25) is 4.79 Å². The standard InChI is InChI=1S/C17H34N2O/c1-14(2)8-12-19(13-9-15(3)4)16(20)17(5)10-6-7-11-18-17/h14-15,18H,6-13H2,1-5H3. The second-order valence-corrected chi connectivity index (χ2v) is 7.37. The molecule has 1 fully saturated rings. The molecule has 1 aliphatic rings. The molecule has 3 nitrogen and oxygen atoms in total. The maximum Gasteiger partial charge on any atom is 0.242 e. The molecule has 0 radical (unpaired) electrons. The van der Waals surface area contributed by atoms with Crippen LogP contribution in [0.2, 0.25) is 0 Å². The Morgan fingerprint density at radius 2 is 1.65 bits per heavy atom. The van der Waals surface area contributed by atoms with E-state index in [1.54, 1.807) is 0 Å². The van der Waals surface area contributed by atoms with Gasteiger partial charge in [0.15, 0.2) is 0 Å². The summed E-state index contributed by atoms with van der Waals surface area (Å²) in [6.07, 6.45) is 5.53. The Bertz CT molecular complexity index is 281. The van der Waals surface area contributed by atoms with E-state index >= 15 is 0 Å². The van der Waals surface area contributed by atoms with Crippen molar-refractivity contribution in [3.63, 3.8) is 0 Å². The summed E-state index contributed by atoms with van der Waals surface area (Å²) >= 11 is 0. The van der Waals surface area contributed by atoms with E-state index < -0.39 is 0 Å². The monoisotopic (exact) mass is 282 g/mol. The molecule has 1 unspecified atom stereocenters. The average Bonchev–Trinajstić information content (AvgIpc) is 2.38. The molecule has 0 bridgehead atoms. The molecule has 1 aliphatic heterocycles. The van der Waals surface area contributed by atoms with Crippen molar-refractivity contribution in [2.75, 3.05) is 19.6 Å². The highest BCUT2D eigenvalue weighted by atomic mass is 16.2. The first-order valence-electron chi connectivity index (χ1n) is 8.39. The summed E-state index contributed by atoms with van der Waals surface area (Å²) in [6.45, 7) is 13.8. The molecule has 0 aliphatic carbocycles. The summed E-state index contributed by atoms with van der Waals surface area (Å²) in [7, 11) is 0. The lowest BCUT2D eigenvalue weighted by atomic mass is 9.89. The van der Waals surface area contributed by atoms with Gasteiger partial charge in [0.1, 0.15) is 0 Å². The fraction of sp³-hybridized carbons (Fsp3) is 0.941. The van der Waals surface area contributed by atoms with Crippen molar-refractivity contribution in [2.45, 2.75) is 72.3 Å². The van der Waals surface area contributed by atoms with Crippen molar-refractivity contribution in [1.29, 1.82) is 0 Å². The lowest BCUT2D eigenvalue weighted by Gasteiger charge is -2.38. The number of rotatable bonds is 7. The van der Waals surface area contributed by atoms with Crippen LogP contribution in [0, 0.1) is 11.8 Å². The van der Waals surface area contributed by atoms with E-state index in [1.807, 2.05) is 0 Å². The number of amides is 1. The Balaban J connectivity index is 2.66. The zero-order valence-corrected chi connectivity index (χ0v) is 14.2. The molecule has 3 heteroatoms. The molecule has 1 rings (SSSR count). The van der Waals surface area contributed by atoms with Crippen LogP contribution in [0.5, 0.6) is 0 Å². The van der Waals surface area contributed by atoms with Gasteiger partial charge < -0.3 is 10.2 Å². The molecule has 1 amide bonds. The highest BCUT2D eigenvalue weighted by Gasteiger charge is 2.37. The van der Waals surface area contributed by atoms with Crippen molar-refractivity contribution >= 4 is 5.91 Å². The highest BCUT2D eigenvalue weighted by molar-refractivity contribution is 5.86. The van der Waals surface area contributed by atoms with E-state index in [9.17, 15) is 4.79 Å². The predicted octanol–water partition coefficient (Wildman–Crippen LogP) is 3.44. The highest BCUT2D eigenvalue weighted by Crippen LogP contribution is 2.22. The number of hydrogen-bond acceptors (Lipinski definition) is 2. The fourth-order valence-electron chi connectivity index (χ4n) is 2.73. The van der Waals surface area contributed by atoms with E-state index in [0.717, 1.165) is 45.3 Å². The molecule has 0 aromatic rings. The van der Waals surface area contributed by atoms with Gasteiger partial charge in [-0.25, -0.2) is 0 Å². The molecular weight excluding hydrogens is 248 g/mol. The summed E-state index contributed by atoms with van der Waals surface area (Å²) in [6, 6.07) is 0. The molecular formula is C17H34N2O. The minimum Gasteiger partial charge on any atom is -0.341 e. The Hall–Kier alpha value is -0.570. The molecule has 1 saturated heterocycles. The number of hydrogen-bond donors (Lipinski definition) is 1. The summed E-state index contributed by atoms with van der Waals surface area (Å²) < 4.78 is 0. The quantitative estimate of drug-likeness (QED) is 0.776. The van der Waals surface area contributed by atoms with Crippen LogP contribution < -0.4 is 5.32 Å². The van der Waals surface area contributed by atoms with Gasteiger partial charge in [0.2, 0.25) is 5.91 Å². The largest absolute Gasteiger partial charge is 0.341 e. The van der Waals surface area contributed by atoms with Gasteiger partial charge in [0, 0.05) is 13.1 Å². The van der Waals surface area contributed by atoms with E-state index in [1.165, 1.54) is 6.42 Å². The lowest BCUT2D eigenvalue weighted by molar-refractivity contribution is -0.139. The number of nitrogens with one attached hydrogen (secondary N) is 1. The Morgan fingerprint density at radius 3 is 2.05 bits per heavy atom. The Labute approximate surface area is 125 Å². The number of carbonyl (C=O) groups excluding carboxylic acids is 1. The molecule has 1 N–H and O–H groups in total. The minimum atomic E-state index is -0.327. The first-order chi connectivity index (χ1) is 9.35. The van der Waals surface area contributed by atoms with Gasteiger partial charge >= 0.3 is 0 Å². The van der Waals surface area contributed by atoms with Crippen LogP contribution in [0.3, 0.4) is 0 Å². The van der Waals surface area contributed by atoms with Crippen LogP contribution in [0.4, 0.5) is 0 Å². The maximum atomic E-state index is 12.9. The normalized spacial score (nSPS) is 23.4. The van der Waals surface area contributed by atoms with E-state index in [4.69, 9.17) is 0 Å². The van der Waals surface area contributed by atoms with E-state index in [2.05, 4.69) is 44.8 Å². The smallest absolute Gasteiger partial charge is 0.242 e. The van der Waals surface area contributed by atoms with Gasteiger partial charge in [0.25, 0.3) is 0 Å². The first kappa shape index (κ1) is 17.5. The van der Waals surface area contributed by atoms with Crippen LogP contribution in [0.1, 0.15) is 66.7 Å². The third-order valence-corrected chi connectivity index (χ3v) is 4.33. The van der Waals surface area contributed by atoms with Crippen LogP contribution >= 0.6 is 0 Å². The molecule has 20 heavy (non-hydrogen) atoms. The molecule has 0 spiro atoms. The third-order valence-electron chi connectivity index (χ3n) is 4.33. The van der Waals surface area contributed by atoms with E-state index in [-0.39, 0.29) is 5.54 Å². The van der Waals surface area contributed by atoms with Gasteiger partial charge in [-0.05, 0) is 57.4 Å². The molecule has 0 saturated carbocycles. The number of carbonyl (C=O) groups is 1. The minimum absolute atomic E-state index is 0.318. The van der Waals surface area contributed by atoms with Gasteiger partial charge in [0.05, 0.1) is 5.54 Å². The van der Waals surface area contributed by atoms with Gasteiger partial charge in [-0.2, -0.15) is 0 Å². The molecule has 0 aromatic heterocycles. The van der Waals surface area contributed by atoms with E-state index in [0.29, 0.717) is 17.7 Å². The zero-order chi connectivity index (χ0) is 15.2. The van der Waals surface area contributed by atoms with Crippen LogP contribution in [0.25, 0.3) is 0 Å². The fourth-order valence-corrected chi connectivity index (χ4v) is 2.73. The summed E-state index contributed by atoms with van der Waals surface area (Å²) in [5.74, 6) is 1.62. The summed E-state index contributed by atoms with van der Waals surface area (Å²) in [5, 5.41) is 3.46. The van der Waals surface area contributed by atoms with Crippen molar-refractivity contribution in [3.05, 3.63) is 0 Å². The summed E-state index contributed by atoms with van der Waals surface area (Å²) in [4.78, 5) is 15.0. The third kappa shape index (κ3) is 5.43. The van der Waals surface area contributed by atoms with Crippen molar-refractivity contribution in [1.82, 2.24) is 10.2 Å². The zero-order valence-electron chi connectivity index (χ0n) is 14.2. The van der Waals surface area contributed by atoms with Crippen LogP contribution in [-0.4, -0.2) is 36.0 Å². The molecule has 0 aromatic carbocycles. The van der Waals surface area contributed by atoms with Gasteiger partial charge in [-0.1, -0.05) is 27.7 Å². The molecule has 1 atom stereocenters. The number of piperidine rings is 1. The average molecular weight is 282 g/mol. The molecule has 1 heterocycles. The van der Waals surface area contributed by atoms with Crippen molar-refractivity contribution in [3.8, 4) is 0 Å². The van der Waals surface area contributed by atoms with Crippen LogP contribution in [-0.2, 0) is 4.79 Å². The summed E-state index contributed by atoms with van der Waals surface area (Å²) in [5.41, 5.74) is -0.327. The van der Waals surface area contributed by atoms with Crippen LogP contribution in [0.15, 0.2) is 0 Å². The SMILES string of the molecule is CC(C)CCN(CCC(C)C)C(=O)C1(C)CCCCN1. The second kappa shape index (κ2) is 8.02. The maximum absolute atomic E-state index is 12.9. The topological polar surface area (TPSA) is 32.3 Å². The predicted molar refractivity (Wildman–Crippen MR) is 85.7 cm³/mol. The van der Waals surface area contributed by atoms with Crippen molar-refractivity contribution < 1.29 is 4.79 Å². The number of nitrogens with zero attached hydrogens (tertiary/aromatic N) is 1. The van der Waals surface area contributed by atoms with Gasteiger partial charge in [-0.15, -0.1) is 0 Å². The first-order valence-corrected chi connectivity index (χ1v) is 8.39. The van der Waals surface area contributed by atoms with Crippen molar-refractivity contribution in [2.24, 2.45) is 11.8 Å². The second-order valence-electron chi connectivity index (χ2n) is 7.37. The Morgan fingerprint density at radius 1 is 1.10 bits per heavy atom.